The Kier molecular flexibility index (Phi) is 6.70. The van der Waals surface area contributed by atoms with Crippen molar-refractivity contribution in [2.45, 2.75) is 19.9 Å². The van der Waals surface area contributed by atoms with Gasteiger partial charge in [0.2, 0.25) is 10.0 Å². The lowest BCUT2D eigenvalue weighted by molar-refractivity contribution is 0.0628. The predicted octanol–water partition coefficient (Wildman–Crippen LogP) is 2.80. The summed E-state index contributed by atoms with van der Waals surface area (Å²) >= 11 is 0. The van der Waals surface area contributed by atoms with Crippen LogP contribution in [0.2, 0.25) is 0 Å². The SMILES string of the molecule is CCCS(=O)(=O)Nc1cccc(C(=O)N2CCN(Cc3ccccc3)CC2)c1. The molecular formula is C21H27N3O3S. The van der Waals surface area contributed by atoms with Crippen molar-refractivity contribution in [3.8, 4) is 0 Å². The number of hydrogen-bond donors (Lipinski definition) is 1. The molecule has 0 aromatic heterocycles. The molecule has 0 aliphatic carbocycles. The van der Waals surface area contributed by atoms with Gasteiger partial charge in [0.25, 0.3) is 5.91 Å². The zero-order valence-electron chi connectivity index (χ0n) is 16.2. The second-order valence-corrected chi connectivity index (χ2v) is 8.90. The van der Waals surface area contributed by atoms with Gasteiger partial charge >= 0.3 is 0 Å². The van der Waals surface area contributed by atoms with Crippen LogP contribution < -0.4 is 4.72 Å². The molecule has 2 aromatic carbocycles. The molecule has 0 radical (unpaired) electrons. The number of anilines is 1. The maximum Gasteiger partial charge on any atom is 0.254 e. The Morgan fingerprint density at radius 2 is 1.71 bits per heavy atom. The molecule has 1 N–H and O–H groups in total. The fourth-order valence-corrected chi connectivity index (χ4v) is 4.47. The van der Waals surface area contributed by atoms with Gasteiger partial charge in [0.1, 0.15) is 0 Å². The van der Waals surface area contributed by atoms with E-state index in [1.807, 2.05) is 30.0 Å². The van der Waals surface area contributed by atoms with Gasteiger partial charge in [-0.1, -0.05) is 43.3 Å². The molecule has 1 fully saturated rings. The fourth-order valence-electron chi connectivity index (χ4n) is 3.35. The van der Waals surface area contributed by atoms with Crippen LogP contribution in [0.4, 0.5) is 5.69 Å². The van der Waals surface area contributed by atoms with Gasteiger partial charge in [0, 0.05) is 44.0 Å². The summed E-state index contributed by atoms with van der Waals surface area (Å²) in [5.74, 6) is 0.00468. The highest BCUT2D eigenvalue weighted by molar-refractivity contribution is 7.92. The van der Waals surface area contributed by atoms with Gasteiger partial charge < -0.3 is 4.90 Å². The molecule has 6 nitrogen and oxygen atoms in total. The van der Waals surface area contributed by atoms with E-state index in [4.69, 9.17) is 0 Å². The van der Waals surface area contributed by atoms with E-state index in [-0.39, 0.29) is 11.7 Å². The molecule has 0 unspecified atom stereocenters. The lowest BCUT2D eigenvalue weighted by Crippen LogP contribution is -2.48. The van der Waals surface area contributed by atoms with Gasteiger partial charge in [-0.2, -0.15) is 0 Å². The number of nitrogens with zero attached hydrogens (tertiary/aromatic N) is 2. The standard InChI is InChI=1S/C21H27N3O3S/c1-2-15-28(26,27)22-20-10-6-9-19(16-20)21(25)24-13-11-23(12-14-24)17-18-7-4-3-5-8-18/h3-10,16,22H,2,11-15,17H2,1H3. The second kappa shape index (κ2) is 9.21. The number of hydrogen-bond acceptors (Lipinski definition) is 4. The van der Waals surface area contributed by atoms with Crippen LogP contribution in [0, 0.1) is 0 Å². The van der Waals surface area contributed by atoms with Crippen molar-refractivity contribution in [3.63, 3.8) is 0 Å². The third kappa shape index (κ3) is 5.56. The van der Waals surface area contributed by atoms with E-state index in [0.29, 0.717) is 30.8 Å². The van der Waals surface area contributed by atoms with Gasteiger partial charge in [-0.05, 0) is 30.2 Å². The maximum atomic E-state index is 12.8. The molecule has 2 aromatic rings. The summed E-state index contributed by atoms with van der Waals surface area (Å²) < 4.78 is 26.5. The average molecular weight is 402 g/mol. The minimum atomic E-state index is -3.37. The molecule has 1 aliphatic rings. The predicted molar refractivity (Wildman–Crippen MR) is 112 cm³/mol. The third-order valence-corrected chi connectivity index (χ3v) is 6.26. The number of carbonyl (C=O) groups is 1. The first-order valence-electron chi connectivity index (χ1n) is 9.63. The average Bonchev–Trinajstić information content (AvgIpc) is 2.68. The van der Waals surface area contributed by atoms with E-state index in [9.17, 15) is 13.2 Å². The molecule has 0 spiro atoms. The monoisotopic (exact) mass is 401 g/mol. The molecule has 0 bridgehead atoms. The molecular weight excluding hydrogens is 374 g/mol. The Morgan fingerprint density at radius 1 is 1.00 bits per heavy atom. The van der Waals surface area contributed by atoms with Crippen LogP contribution in [0.15, 0.2) is 54.6 Å². The van der Waals surface area contributed by atoms with E-state index in [1.165, 1.54) is 5.56 Å². The van der Waals surface area contributed by atoms with Crippen molar-refractivity contribution in [1.29, 1.82) is 0 Å². The molecule has 0 saturated carbocycles. The van der Waals surface area contributed by atoms with Crippen molar-refractivity contribution >= 4 is 21.6 Å². The molecule has 150 valence electrons. The van der Waals surface area contributed by atoms with E-state index in [2.05, 4.69) is 21.8 Å². The summed E-state index contributed by atoms with van der Waals surface area (Å²) in [6, 6.07) is 17.0. The van der Waals surface area contributed by atoms with E-state index >= 15 is 0 Å². The number of carbonyl (C=O) groups excluding carboxylic acids is 1. The highest BCUT2D eigenvalue weighted by Crippen LogP contribution is 2.16. The summed E-state index contributed by atoms with van der Waals surface area (Å²) in [7, 11) is -3.37. The zero-order chi connectivity index (χ0) is 20.0. The maximum absolute atomic E-state index is 12.8. The highest BCUT2D eigenvalue weighted by Gasteiger charge is 2.22. The normalized spacial score (nSPS) is 15.4. The second-order valence-electron chi connectivity index (χ2n) is 7.06. The Morgan fingerprint density at radius 3 is 2.39 bits per heavy atom. The van der Waals surface area contributed by atoms with Crippen LogP contribution in [-0.2, 0) is 16.6 Å². The Labute approximate surface area is 167 Å². The first-order valence-corrected chi connectivity index (χ1v) is 11.3. The van der Waals surface area contributed by atoms with E-state index in [1.54, 1.807) is 24.3 Å². The summed E-state index contributed by atoms with van der Waals surface area (Å²) in [6.45, 7) is 5.68. The number of rotatable bonds is 7. The summed E-state index contributed by atoms with van der Waals surface area (Å²) in [5, 5.41) is 0. The minimum absolute atomic E-state index is 0.0594. The van der Waals surface area contributed by atoms with Gasteiger partial charge in [-0.25, -0.2) is 8.42 Å². The van der Waals surface area contributed by atoms with Crippen LogP contribution in [0.5, 0.6) is 0 Å². The highest BCUT2D eigenvalue weighted by atomic mass is 32.2. The summed E-state index contributed by atoms with van der Waals surface area (Å²) in [6.07, 6.45) is 0.543. The van der Waals surface area contributed by atoms with Crippen molar-refractivity contribution < 1.29 is 13.2 Å². The van der Waals surface area contributed by atoms with Crippen LogP contribution in [0.3, 0.4) is 0 Å². The van der Waals surface area contributed by atoms with Crippen LogP contribution in [-0.4, -0.2) is 56.1 Å². The molecule has 28 heavy (non-hydrogen) atoms. The number of amides is 1. The fraction of sp³-hybridized carbons (Fsp3) is 0.381. The number of benzene rings is 2. The zero-order valence-corrected chi connectivity index (χ0v) is 17.0. The van der Waals surface area contributed by atoms with Crippen molar-refractivity contribution in [3.05, 3.63) is 65.7 Å². The van der Waals surface area contributed by atoms with Crippen LogP contribution in [0.1, 0.15) is 29.3 Å². The minimum Gasteiger partial charge on any atom is -0.336 e. The van der Waals surface area contributed by atoms with Crippen molar-refractivity contribution in [2.24, 2.45) is 0 Å². The lowest BCUT2D eigenvalue weighted by atomic mass is 10.1. The lowest BCUT2D eigenvalue weighted by Gasteiger charge is -2.34. The third-order valence-electron chi connectivity index (χ3n) is 4.76. The number of nitrogens with one attached hydrogen (secondary N) is 1. The largest absolute Gasteiger partial charge is 0.336 e. The molecule has 1 aliphatic heterocycles. The molecule has 0 atom stereocenters. The molecule has 3 rings (SSSR count). The molecule has 1 saturated heterocycles. The summed E-state index contributed by atoms with van der Waals surface area (Å²) in [4.78, 5) is 17.0. The van der Waals surface area contributed by atoms with Crippen molar-refractivity contribution in [2.75, 3.05) is 36.7 Å². The Bertz CT molecular complexity index is 892. The van der Waals surface area contributed by atoms with Gasteiger partial charge in [0.05, 0.1) is 5.75 Å². The Balaban J connectivity index is 1.58. The van der Waals surface area contributed by atoms with Crippen LogP contribution >= 0.6 is 0 Å². The molecule has 1 heterocycles. The number of piperazine rings is 1. The first-order chi connectivity index (χ1) is 13.5. The topological polar surface area (TPSA) is 69.7 Å². The van der Waals surface area contributed by atoms with Gasteiger partial charge in [-0.15, -0.1) is 0 Å². The smallest absolute Gasteiger partial charge is 0.254 e. The number of sulfonamides is 1. The van der Waals surface area contributed by atoms with Gasteiger partial charge in [-0.3, -0.25) is 14.4 Å². The first kappa shape index (κ1) is 20.4. The Hall–Kier alpha value is -2.38. The summed E-state index contributed by atoms with van der Waals surface area (Å²) in [5.41, 5.74) is 2.21. The quantitative estimate of drug-likeness (QED) is 0.775. The van der Waals surface area contributed by atoms with Gasteiger partial charge in [0.15, 0.2) is 0 Å². The molecule has 1 amide bonds. The van der Waals surface area contributed by atoms with E-state index < -0.39 is 10.0 Å². The van der Waals surface area contributed by atoms with Crippen molar-refractivity contribution in [1.82, 2.24) is 9.80 Å². The van der Waals surface area contributed by atoms with E-state index in [0.717, 1.165) is 19.6 Å². The molecule has 7 heteroatoms. The van der Waals surface area contributed by atoms with Crippen LogP contribution in [0.25, 0.3) is 0 Å².